The van der Waals surface area contributed by atoms with Crippen LogP contribution in [-0.2, 0) is 0 Å². The fraction of sp³-hybridized carbons (Fsp3) is 0.0769. The largest absolute Gasteiger partial charge is 0.207 e. The van der Waals surface area contributed by atoms with Gasteiger partial charge in [0.1, 0.15) is 11.6 Å². The standard InChI is InChI=1S/C13H7Cl3F2/c14-8-3-1-7(2-4-8)13(16)9-5-12(18)10(15)6-11(9)17/h1-6,13H. The molecule has 0 amide bonds. The van der Waals surface area contributed by atoms with E-state index in [2.05, 4.69) is 0 Å². The van der Waals surface area contributed by atoms with E-state index < -0.39 is 17.0 Å². The highest BCUT2D eigenvalue weighted by atomic mass is 35.5. The summed E-state index contributed by atoms with van der Waals surface area (Å²) in [4.78, 5) is 0. The van der Waals surface area contributed by atoms with Gasteiger partial charge in [0.2, 0.25) is 0 Å². The van der Waals surface area contributed by atoms with Crippen LogP contribution in [-0.4, -0.2) is 0 Å². The van der Waals surface area contributed by atoms with E-state index in [1.807, 2.05) is 0 Å². The molecule has 0 saturated heterocycles. The predicted molar refractivity (Wildman–Crippen MR) is 70.5 cm³/mol. The molecule has 0 aromatic heterocycles. The number of hydrogen-bond donors (Lipinski definition) is 0. The monoisotopic (exact) mass is 306 g/mol. The zero-order chi connectivity index (χ0) is 13.3. The van der Waals surface area contributed by atoms with Crippen molar-refractivity contribution in [3.05, 3.63) is 69.2 Å². The van der Waals surface area contributed by atoms with Crippen molar-refractivity contribution in [2.24, 2.45) is 0 Å². The van der Waals surface area contributed by atoms with Gasteiger partial charge in [-0.2, -0.15) is 0 Å². The summed E-state index contributed by atoms with van der Waals surface area (Å²) in [7, 11) is 0. The molecule has 0 aliphatic rings. The van der Waals surface area contributed by atoms with E-state index >= 15 is 0 Å². The van der Waals surface area contributed by atoms with Crippen LogP contribution in [0.1, 0.15) is 16.5 Å². The maximum Gasteiger partial charge on any atom is 0.142 e. The average molecular weight is 308 g/mol. The van der Waals surface area contributed by atoms with Crippen LogP contribution in [0.3, 0.4) is 0 Å². The van der Waals surface area contributed by atoms with Gasteiger partial charge in [-0.1, -0.05) is 35.3 Å². The van der Waals surface area contributed by atoms with Crippen LogP contribution in [0.5, 0.6) is 0 Å². The van der Waals surface area contributed by atoms with Crippen LogP contribution < -0.4 is 0 Å². The van der Waals surface area contributed by atoms with E-state index in [0.717, 1.165) is 12.1 Å². The van der Waals surface area contributed by atoms with Gasteiger partial charge in [-0.3, -0.25) is 0 Å². The first-order valence-corrected chi connectivity index (χ1v) is 6.22. The Labute approximate surface area is 118 Å². The molecule has 2 rings (SSSR count). The Bertz CT molecular complexity index is 567. The molecule has 2 aromatic carbocycles. The zero-order valence-corrected chi connectivity index (χ0v) is 11.2. The van der Waals surface area contributed by atoms with E-state index in [1.165, 1.54) is 0 Å². The van der Waals surface area contributed by atoms with Crippen LogP contribution in [0.4, 0.5) is 8.78 Å². The van der Waals surface area contributed by atoms with E-state index in [4.69, 9.17) is 34.8 Å². The van der Waals surface area contributed by atoms with Crippen molar-refractivity contribution in [1.82, 2.24) is 0 Å². The Morgan fingerprint density at radius 1 is 0.889 bits per heavy atom. The molecule has 0 N–H and O–H groups in total. The van der Waals surface area contributed by atoms with E-state index in [1.54, 1.807) is 24.3 Å². The average Bonchev–Trinajstić information content (AvgIpc) is 2.34. The Hall–Kier alpha value is -0.830. The van der Waals surface area contributed by atoms with Crippen molar-refractivity contribution < 1.29 is 8.78 Å². The molecule has 0 aliphatic carbocycles. The summed E-state index contributed by atoms with van der Waals surface area (Å²) in [5, 5.41) is -0.518. The quantitative estimate of drug-likeness (QED) is 0.500. The molecule has 18 heavy (non-hydrogen) atoms. The maximum absolute atomic E-state index is 13.7. The molecule has 0 saturated carbocycles. The highest BCUT2D eigenvalue weighted by molar-refractivity contribution is 6.31. The summed E-state index contributed by atoms with van der Waals surface area (Å²) in [5.41, 5.74) is 0.669. The zero-order valence-electron chi connectivity index (χ0n) is 8.93. The lowest BCUT2D eigenvalue weighted by Gasteiger charge is -2.12. The molecule has 0 radical (unpaired) electrons. The number of hydrogen-bond acceptors (Lipinski definition) is 0. The van der Waals surface area contributed by atoms with Gasteiger partial charge in [-0.15, -0.1) is 11.6 Å². The first-order chi connectivity index (χ1) is 8.49. The molecular formula is C13H7Cl3F2. The number of halogens is 5. The van der Waals surface area contributed by atoms with Gasteiger partial charge in [-0.05, 0) is 29.8 Å². The minimum atomic E-state index is -0.797. The third kappa shape index (κ3) is 2.77. The normalized spacial score (nSPS) is 12.5. The maximum atomic E-state index is 13.7. The second-order valence-electron chi connectivity index (χ2n) is 3.70. The van der Waals surface area contributed by atoms with Crippen LogP contribution in [0.2, 0.25) is 10.0 Å². The SMILES string of the molecule is Fc1cc(C(Cl)c2ccc(Cl)cc2)c(F)cc1Cl. The molecular weight excluding hydrogens is 300 g/mol. The van der Waals surface area contributed by atoms with Gasteiger partial charge in [0, 0.05) is 10.6 Å². The fourth-order valence-electron chi connectivity index (χ4n) is 1.54. The molecule has 1 unspecified atom stereocenters. The summed E-state index contributed by atoms with van der Waals surface area (Å²) >= 11 is 17.3. The first-order valence-electron chi connectivity index (χ1n) is 5.03. The topological polar surface area (TPSA) is 0 Å². The predicted octanol–water partition coefficient (Wildman–Crippen LogP) is 5.60. The van der Waals surface area contributed by atoms with Crippen LogP contribution in [0, 0.1) is 11.6 Å². The van der Waals surface area contributed by atoms with Crippen molar-refractivity contribution in [2.75, 3.05) is 0 Å². The lowest BCUT2D eigenvalue weighted by atomic mass is 10.0. The molecule has 2 aromatic rings. The number of rotatable bonds is 2. The first kappa shape index (κ1) is 13.6. The molecule has 94 valence electrons. The van der Waals surface area contributed by atoms with Crippen LogP contribution in [0.25, 0.3) is 0 Å². The van der Waals surface area contributed by atoms with Gasteiger partial charge in [-0.25, -0.2) is 8.78 Å². The summed E-state index contributed by atoms with van der Waals surface area (Å²) in [6, 6.07) is 8.51. The van der Waals surface area contributed by atoms with E-state index in [9.17, 15) is 8.78 Å². The molecule has 0 heterocycles. The Kier molecular flexibility index (Phi) is 4.10. The third-order valence-corrected chi connectivity index (χ3v) is 3.50. The second-order valence-corrected chi connectivity index (χ2v) is 4.98. The van der Waals surface area contributed by atoms with Crippen LogP contribution >= 0.6 is 34.8 Å². The molecule has 0 aliphatic heterocycles. The Morgan fingerprint density at radius 3 is 2.11 bits per heavy atom. The minimum absolute atomic E-state index is 0.0425. The molecule has 0 bridgehead atoms. The van der Waals surface area contributed by atoms with Crippen molar-refractivity contribution in [3.63, 3.8) is 0 Å². The summed E-state index contributed by atoms with van der Waals surface area (Å²) < 4.78 is 27.0. The molecule has 0 nitrogen and oxygen atoms in total. The van der Waals surface area contributed by atoms with Crippen LogP contribution in [0.15, 0.2) is 36.4 Å². The lowest BCUT2D eigenvalue weighted by Crippen LogP contribution is -1.98. The van der Waals surface area contributed by atoms with Gasteiger partial charge in [0.25, 0.3) is 0 Å². The summed E-state index contributed by atoms with van der Waals surface area (Å²) in [5.74, 6) is -1.34. The minimum Gasteiger partial charge on any atom is -0.207 e. The van der Waals surface area contributed by atoms with Crippen molar-refractivity contribution in [1.29, 1.82) is 0 Å². The molecule has 1 atom stereocenters. The van der Waals surface area contributed by atoms with Crippen molar-refractivity contribution >= 4 is 34.8 Å². The lowest BCUT2D eigenvalue weighted by molar-refractivity contribution is 0.587. The van der Waals surface area contributed by atoms with Gasteiger partial charge in [0.15, 0.2) is 0 Å². The van der Waals surface area contributed by atoms with Crippen molar-refractivity contribution in [3.8, 4) is 0 Å². The molecule has 0 fully saturated rings. The third-order valence-electron chi connectivity index (χ3n) is 2.48. The number of alkyl halides is 1. The smallest absolute Gasteiger partial charge is 0.142 e. The van der Waals surface area contributed by atoms with E-state index in [0.29, 0.717) is 10.6 Å². The van der Waals surface area contributed by atoms with Gasteiger partial charge >= 0.3 is 0 Å². The van der Waals surface area contributed by atoms with E-state index in [-0.39, 0.29) is 10.6 Å². The van der Waals surface area contributed by atoms with Gasteiger partial charge < -0.3 is 0 Å². The Morgan fingerprint density at radius 2 is 1.50 bits per heavy atom. The molecule has 5 heteroatoms. The second kappa shape index (κ2) is 5.43. The van der Waals surface area contributed by atoms with Gasteiger partial charge in [0.05, 0.1) is 10.4 Å². The Balaban J connectivity index is 2.42. The fourth-order valence-corrected chi connectivity index (χ4v) is 2.13. The number of benzene rings is 2. The highest BCUT2D eigenvalue weighted by Gasteiger charge is 2.17. The summed E-state index contributed by atoms with van der Waals surface area (Å²) in [6.45, 7) is 0. The highest BCUT2D eigenvalue weighted by Crippen LogP contribution is 2.33. The van der Waals surface area contributed by atoms with Crippen molar-refractivity contribution in [2.45, 2.75) is 5.38 Å². The summed E-state index contributed by atoms with van der Waals surface area (Å²) in [6.07, 6.45) is 0. The molecule has 0 spiro atoms.